The predicted molar refractivity (Wildman–Crippen MR) is 34.5 cm³/mol. The van der Waals surface area contributed by atoms with Crippen molar-refractivity contribution >= 4 is 11.8 Å². The van der Waals surface area contributed by atoms with Gasteiger partial charge in [0.15, 0.2) is 0 Å². The summed E-state index contributed by atoms with van der Waals surface area (Å²) in [6, 6.07) is 0.477. The molecule has 1 nitrogen and oxygen atoms in total. The fourth-order valence-electron chi connectivity index (χ4n) is 0.748. The maximum atomic E-state index is 5.66. The van der Waals surface area contributed by atoms with Gasteiger partial charge in [-0.05, 0) is 12.2 Å². The van der Waals surface area contributed by atoms with E-state index in [0.717, 1.165) is 0 Å². The topological polar surface area (TPSA) is 26.0 Å². The van der Waals surface area contributed by atoms with Crippen LogP contribution in [0.15, 0.2) is 0 Å². The smallest absolute Gasteiger partial charge is 0.0171 e. The van der Waals surface area contributed by atoms with Gasteiger partial charge in [-0.25, -0.2) is 0 Å². The molecule has 0 saturated carbocycles. The minimum absolute atomic E-state index is 0.477. The summed E-state index contributed by atoms with van der Waals surface area (Å²) in [7, 11) is 0. The molecule has 0 bridgehead atoms. The summed E-state index contributed by atoms with van der Waals surface area (Å²) in [5.74, 6) is 1.27. The highest BCUT2D eigenvalue weighted by Gasteiger charge is 2.18. The third kappa shape index (κ3) is 1.10. The van der Waals surface area contributed by atoms with Gasteiger partial charge in [-0.2, -0.15) is 11.8 Å². The van der Waals surface area contributed by atoms with E-state index in [4.69, 9.17) is 5.73 Å². The van der Waals surface area contributed by atoms with Gasteiger partial charge in [-0.1, -0.05) is 6.92 Å². The zero-order chi connectivity index (χ0) is 5.28. The van der Waals surface area contributed by atoms with Crippen LogP contribution in [0.5, 0.6) is 0 Å². The molecule has 1 saturated heterocycles. The summed E-state index contributed by atoms with van der Waals surface area (Å²) in [6.07, 6.45) is 1.21. The van der Waals surface area contributed by atoms with Crippen LogP contribution in [0.4, 0.5) is 0 Å². The van der Waals surface area contributed by atoms with Crippen LogP contribution in [-0.4, -0.2) is 17.0 Å². The van der Waals surface area contributed by atoms with Gasteiger partial charge in [0.2, 0.25) is 0 Å². The van der Waals surface area contributed by atoms with E-state index in [-0.39, 0.29) is 0 Å². The molecule has 2 N–H and O–H groups in total. The molecule has 0 aromatic rings. The van der Waals surface area contributed by atoms with Crippen LogP contribution >= 0.6 is 11.8 Å². The zero-order valence-electron chi connectivity index (χ0n) is 4.55. The first-order valence-electron chi connectivity index (χ1n) is 2.68. The molecule has 1 rings (SSSR count). The number of rotatable bonds is 0. The van der Waals surface area contributed by atoms with Crippen molar-refractivity contribution in [3.8, 4) is 0 Å². The van der Waals surface area contributed by atoms with Crippen molar-refractivity contribution in [1.82, 2.24) is 0 Å². The summed E-state index contributed by atoms with van der Waals surface area (Å²) in [4.78, 5) is 0. The molecule has 1 heterocycles. The molecular formula is C5H11NS. The van der Waals surface area contributed by atoms with Gasteiger partial charge in [-0.15, -0.1) is 0 Å². The molecule has 42 valence electrons. The molecule has 1 aliphatic rings. The Morgan fingerprint density at radius 1 is 1.71 bits per heavy atom. The SMILES string of the molecule is C[C@H]1SCC[C@@H]1N. The standard InChI is InChI=1S/C5H11NS/c1-4-5(6)2-3-7-4/h4-5H,2-3,6H2,1H3/t4-,5+/m1/s1. The summed E-state index contributed by atoms with van der Waals surface area (Å²) in [5, 5.41) is 0.708. The summed E-state index contributed by atoms with van der Waals surface area (Å²) < 4.78 is 0. The Hall–Kier alpha value is 0.310. The lowest BCUT2D eigenvalue weighted by atomic mass is 10.2. The van der Waals surface area contributed by atoms with E-state index in [0.29, 0.717) is 11.3 Å². The number of hydrogen-bond donors (Lipinski definition) is 1. The Balaban J connectivity index is 2.33. The third-order valence-electron chi connectivity index (χ3n) is 1.43. The lowest BCUT2D eigenvalue weighted by Gasteiger charge is -2.04. The lowest BCUT2D eigenvalue weighted by molar-refractivity contribution is 0.677. The van der Waals surface area contributed by atoms with Gasteiger partial charge in [0.1, 0.15) is 0 Å². The fraction of sp³-hybridized carbons (Fsp3) is 1.00. The van der Waals surface area contributed by atoms with Crippen molar-refractivity contribution in [1.29, 1.82) is 0 Å². The molecular weight excluding hydrogens is 106 g/mol. The fourth-order valence-corrected chi connectivity index (χ4v) is 1.91. The molecule has 0 spiro atoms. The maximum absolute atomic E-state index is 5.66. The highest BCUT2D eigenvalue weighted by Crippen LogP contribution is 2.23. The van der Waals surface area contributed by atoms with Crippen LogP contribution < -0.4 is 5.73 Å². The number of nitrogens with two attached hydrogens (primary N) is 1. The summed E-state index contributed by atoms with van der Waals surface area (Å²) >= 11 is 1.98. The molecule has 2 heteroatoms. The first-order valence-corrected chi connectivity index (χ1v) is 3.73. The van der Waals surface area contributed by atoms with Crippen molar-refractivity contribution < 1.29 is 0 Å². The van der Waals surface area contributed by atoms with Gasteiger partial charge in [0.05, 0.1) is 0 Å². The van der Waals surface area contributed by atoms with E-state index in [9.17, 15) is 0 Å². The molecule has 0 radical (unpaired) electrons. The molecule has 2 atom stereocenters. The Kier molecular flexibility index (Phi) is 1.60. The maximum Gasteiger partial charge on any atom is 0.0171 e. The monoisotopic (exact) mass is 117 g/mol. The molecule has 0 unspecified atom stereocenters. The highest BCUT2D eigenvalue weighted by molar-refractivity contribution is 8.00. The Morgan fingerprint density at radius 2 is 2.43 bits per heavy atom. The Bertz CT molecular complexity index is 57.1. The third-order valence-corrected chi connectivity index (χ3v) is 2.78. The minimum atomic E-state index is 0.477. The molecule has 7 heavy (non-hydrogen) atoms. The van der Waals surface area contributed by atoms with E-state index in [1.165, 1.54) is 12.2 Å². The largest absolute Gasteiger partial charge is 0.327 e. The Labute approximate surface area is 48.7 Å². The second-order valence-electron chi connectivity index (χ2n) is 2.03. The van der Waals surface area contributed by atoms with Crippen LogP contribution in [0.25, 0.3) is 0 Å². The van der Waals surface area contributed by atoms with Gasteiger partial charge in [0.25, 0.3) is 0 Å². The zero-order valence-corrected chi connectivity index (χ0v) is 5.37. The molecule has 0 aromatic carbocycles. The molecule has 0 amide bonds. The highest BCUT2D eigenvalue weighted by atomic mass is 32.2. The van der Waals surface area contributed by atoms with Crippen LogP contribution in [0.2, 0.25) is 0 Å². The van der Waals surface area contributed by atoms with Crippen LogP contribution in [-0.2, 0) is 0 Å². The van der Waals surface area contributed by atoms with Crippen molar-refractivity contribution in [2.75, 3.05) is 5.75 Å². The second-order valence-corrected chi connectivity index (χ2v) is 3.51. The second kappa shape index (κ2) is 2.05. The van der Waals surface area contributed by atoms with E-state index in [1.807, 2.05) is 11.8 Å². The van der Waals surface area contributed by atoms with E-state index in [2.05, 4.69) is 6.92 Å². The normalized spacial score (nSPS) is 42.0. The summed E-state index contributed by atoms with van der Waals surface area (Å²) in [5.41, 5.74) is 5.66. The number of thioether (sulfide) groups is 1. The minimum Gasteiger partial charge on any atom is -0.327 e. The van der Waals surface area contributed by atoms with Crippen molar-refractivity contribution in [3.05, 3.63) is 0 Å². The van der Waals surface area contributed by atoms with Crippen LogP contribution in [0.1, 0.15) is 13.3 Å². The van der Waals surface area contributed by atoms with Gasteiger partial charge in [0, 0.05) is 11.3 Å². The van der Waals surface area contributed by atoms with E-state index < -0.39 is 0 Å². The molecule has 0 aromatic heterocycles. The van der Waals surface area contributed by atoms with Gasteiger partial charge < -0.3 is 5.73 Å². The molecule has 1 aliphatic heterocycles. The average molecular weight is 117 g/mol. The quantitative estimate of drug-likeness (QED) is 0.509. The first kappa shape index (κ1) is 5.45. The van der Waals surface area contributed by atoms with Crippen molar-refractivity contribution in [2.24, 2.45) is 5.73 Å². The van der Waals surface area contributed by atoms with Gasteiger partial charge in [-0.3, -0.25) is 0 Å². The first-order chi connectivity index (χ1) is 3.30. The van der Waals surface area contributed by atoms with Crippen molar-refractivity contribution in [3.63, 3.8) is 0 Å². The average Bonchev–Trinajstić information content (AvgIpc) is 1.91. The lowest BCUT2D eigenvalue weighted by Crippen LogP contribution is -2.24. The van der Waals surface area contributed by atoms with Crippen LogP contribution in [0.3, 0.4) is 0 Å². The molecule has 0 aliphatic carbocycles. The van der Waals surface area contributed by atoms with Crippen molar-refractivity contribution in [2.45, 2.75) is 24.6 Å². The van der Waals surface area contributed by atoms with E-state index in [1.54, 1.807) is 0 Å². The van der Waals surface area contributed by atoms with Gasteiger partial charge >= 0.3 is 0 Å². The van der Waals surface area contributed by atoms with E-state index >= 15 is 0 Å². The molecule has 1 fully saturated rings. The predicted octanol–water partition coefficient (Wildman–Crippen LogP) is 0.839. The van der Waals surface area contributed by atoms with Crippen LogP contribution in [0, 0.1) is 0 Å². The number of hydrogen-bond acceptors (Lipinski definition) is 2. The Morgan fingerprint density at radius 3 is 2.57 bits per heavy atom. The summed E-state index contributed by atoms with van der Waals surface area (Å²) in [6.45, 7) is 2.20.